The Hall–Kier alpha value is -1.58. The molecule has 0 radical (unpaired) electrons. The van der Waals surface area contributed by atoms with E-state index in [1.165, 1.54) is 45.6 Å². The summed E-state index contributed by atoms with van der Waals surface area (Å²) in [7, 11) is 1.45. The molecule has 7 atom stereocenters. The minimum Gasteiger partial charge on any atom is -0.466 e. The minimum absolute atomic E-state index is 0.00142. The first-order valence-electron chi connectivity index (χ1n) is 14.9. The van der Waals surface area contributed by atoms with Crippen molar-refractivity contribution in [3.8, 4) is 0 Å². The van der Waals surface area contributed by atoms with Gasteiger partial charge in [0.15, 0.2) is 0 Å². The van der Waals surface area contributed by atoms with Crippen LogP contribution in [0.1, 0.15) is 120 Å². The van der Waals surface area contributed by atoms with Crippen molar-refractivity contribution in [3.05, 3.63) is 22.8 Å². The molecule has 4 aliphatic rings. The van der Waals surface area contributed by atoms with Gasteiger partial charge in [-0.3, -0.25) is 4.79 Å². The third kappa shape index (κ3) is 4.42. The third-order valence-corrected chi connectivity index (χ3v) is 12.3. The first-order valence-corrected chi connectivity index (χ1v) is 14.9. The SMILES string of the molecule is COC(=O)/C(C)=C\CC[C@H](C)[C@@H]1CC[C@]2(C)C3=C(CC[C@@]12C)[C@@]1(C)CC[C@@H](OC(C)=O)C(C)(C)[C@@H]1CC3. The zero-order valence-corrected chi connectivity index (χ0v) is 25.1. The van der Waals surface area contributed by atoms with Gasteiger partial charge >= 0.3 is 11.9 Å². The molecular formula is C33H52O4. The number of fused-ring (bicyclic) bond motifs is 4. The molecule has 4 aliphatic carbocycles. The molecule has 0 bridgehead atoms. The van der Waals surface area contributed by atoms with Crippen molar-refractivity contribution in [1.29, 1.82) is 0 Å². The quantitative estimate of drug-likeness (QED) is 0.204. The van der Waals surface area contributed by atoms with Crippen LogP contribution < -0.4 is 0 Å². The maximum atomic E-state index is 11.8. The topological polar surface area (TPSA) is 52.6 Å². The van der Waals surface area contributed by atoms with E-state index < -0.39 is 0 Å². The van der Waals surface area contributed by atoms with Crippen molar-refractivity contribution in [2.45, 2.75) is 126 Å². The van der Waals surface area contributed by atoms with Crippen LogP contribution in [0.25, 0.3) is 0 Å². The zero-order valence-electron chi connectivity index (χ0n) is 25.1. The largest absolute Gasteiger partial charge is 0.466 e. The normalized spacial score (nSPS) is 39.8. The van der Waals surface area contributed by atoms with Crippen LogP contribution in [-0.2, 0) is 19.1 Å². The van der Waals surface area contributed by atoms with Gasteiger partial charge in [0, 0.05) is 17.9 Å². The smallest absolute Gasteiger partial charge is 0.333 e. The van der Waals surface area contributed by atoms with E-state index >= 15 is 0 Å². The lowest BCUT2D eigenvalue weighted by Crippen LogP contribution is -2.55. The fourth-order valence-corrected chi connectivity index (χ4v) is 10.0. The Morgan fingerprint density at radius 3 is 2.32 bits per heavy atom. The predicted molar refractivity (Wildman–Crippen MR) is 149 cm³/mol. The van der Waals surface area contributed by atoms with Gasteiger partial charge in [-0.25, -0.2) is 4.79 Å². The molecule has 0 aromatic rings. The molecule has 0 aromatic heterocycles. The van der Waals surface area contributed by atoms with E-state index in [4.69, 9.17) is 9.47 Å². The van der Waals surface area contributed by atoms with Crippen LogP contribution in [0.3, 0.4) is 0 Å². The Bertz CT molecular complexity index is 988. The van der Waals surface area contributed by atoms with E-state index in [2.05, 4.69) is 47.6 Å². The first kappa shape index (κ1) is 28.4. The van der Waals surface area contributed by atoms with Crippen molar-refractivity contribution in [1.82, 2.24) is 0 Å². The number of rotatable bonds is 6. The molecule has 0 amide bonds. The van der Waals surface area contributed by atoms with E-state index in [1.54, 1.807) is 18.1 Å². The number of carbonyl (C=O) groups excluding carboxylic acids is 2. The Morgan fingerprint density at radius 1 is 0.973 bits per heavy atom. The molecule has 0 unspecified atom stereocenters. The summed E-state index contributed by atoms with van der Waals surface area (Å²) >= 11 is 0. The fourth-order valence-electron chi connectivity index (χ4n) is 10.0. The average Bonchev–Trinajstić information content (AvgIpc) is 3.11. The standard InChI is InChI=1S/C33H52O4/c1-21(11-10-12-22(2)29(35)36-9)24-15-19-33(8)26-13-14-27-30(4,5)28(37-23(3)34)17-18-31(27,6)25(26)16-20-32(24,33)7/h12,21,24,27-28H,10-11,13-20H2,1-9H3/b22-12-/t21-,24-,27-,28+,31+,32-,33+/m0/s1. The van der Waals surface area contributed by atoms with Gasteiger partial charge in [-0.05, 0) is 105 Å². The van der Waals surface area contributed by atoms with Crippen LogP contribution in [-0.4, -0.2) is 25.2 Å². The Balaban J connectivity index is 1.57. The van der Waals surface area contributed by atoms with Gasteiger partial charge in [-0.1, -0.05) is 58.8 Å². The second kappa shape index (κ2) is 9.87. The highest BCUT2D eigenvalue weighted by molar-refractivity contribution is 5.87. The number of carbonyl (C=O) groups is 2. The summed E-state index contributed by atoms with van der Waals surface area (Å²) < 4.78 is 10.7. The van der Waals surface area contributed by atoms with E-state index in [-0.39, 0.29) is 34.3 Å². The molecule has 4 rings (SSSR count). The zero-order chi connectivity index (χ0) is 27.4. The predicted octanol–water partition coefficient (Wildman–Crippen LogP) is 8.20. The fraction of sp³-hybridized carbons (Fsp3) is 0.818. The average molecular weight is 513 g/mol. The third-order valence-electron chi connectivity index (χ3n) is 12.3. The van der Waals surface area contributed by atoms with Crippen LogP contribution in [0, 0.1) is 39.4 Å². The second-order valence-electron chi connectivity index (χ2n) is 14.3. The molecule has 0 aromatic carbocycles. The number of hydrogen-bond donors (Lipinski definition) is 0. The molecule has 208 valence electrons. The van der Waals surface area contributed by atoms with Crippen molar-refractivity contribution in [2.75, 3.05) is 7.11 Å². The highest BCUT2D eigenvalue weighted by Gasteiger charge is 2.63. The van der Waals surface area contributed by atoms with Gasteiger partial charge in [0.05, 0.1) is 7.11 Å². The summed E-state index contributed by atoms with van der Waals surface area (Å²) in [5.41, 5.74) is 5.14. The molecule has 0 aliphatic heterocycles. The molecule has 2 fully saturated rings. The Kier molecular flexibility index (Phi) is 7.58. The summed E-state index contributed by atoms with van der Waals surface area (Å²) in [6.07, 6.45) is 13.8. The van der Waals surface area contributed by atoms with Crippen LogP contribution in [0.15, 0.2) is 22.8 Å². The van der Waals surface area contributed by atoms with Crippen molar-refractivity contribution in [3.63, 3.8) is 0 Å². The van der Waals surface area contributed by atoms with Crippen LogP contribution in [0.2, 0.25) is 0 Å². The first-order chi connectivity index (χ1) is 17.2. The summed E-state index contributed by atoms with van der Waals surface area (Å²) in [6.45, 7) is 18.3. The maximum absolute atomic E-state index is 11.8. The monoisotopic (exact) mass is 512 g/mol. The van der Waals surface area contributed by atoms with Crippen LogP contribution in [0.4, 0.5) is 0 Å². The number of esters is 2. The van der Waals surface area contributed by atoms with Crippen LogP contribution >= 0.6 is 0 Å². The van der Waals surface area contributed by atoms with Crippen molar-refractivity contribution < 1.29 is 19.1 Å². The van der Waals surface area contributed by atoms with Gasteiger partial charge in [0.25, 0.3) is 0 Å². The summed E-state index contributed by atoms with van der Waals surface area (Å²) in [6, 6.07) is 0. The van der Waals surface area contributed by atoms with Gasteiger partial charge in [-0.15, -0.1) is 0 Å². The van der Waals surface area contributed by atoms with Crippen molar-refractivity contribution in [2.24, 2.45) is 39.4 Å². The molecular weight excluding hydrogens is 460 g/mol. The molecule has 0 spiro atoms. The Labute approximate surface area is 226 Å². The molecule has 4 nitrogen and oxygen atoms in total. The van der Waals surface area contributed by atoms with E-state index in [1.807, 2.05) is 6.92 Å². The molecule has 0 heterocycles. The number of allylic oxidation sites excluding steroid dienone is 3. The molecule has 37 heavy (non-hydrogen) atoms. The van der Waals surface area contributed by atoms with Gasteiger partial charge in [0.2, 0.25) is 0 Å². The summed E-state index contributed by atoms with van der Waals surface area (Å²) in [5, 5.41) is 0. The van der Waals surface area contributed by atoms with Gasteiger partial charge < -0.3 is 9.47 Å². The number of hydrogen-bond acceptors (Lipinski definition) is 4. The lowest BCUT2D eigenvalue weighted by molar-refractivity contribution is -0.167. The summed E-state index contributed by atoms with van der Waals surface area (Å²) in [4.78, 5) is 23.6. The number of ether oxygens (including phenoxy) is 2. The summed E-state index contributed by atoms with van der Waals surface area (Å²) in [5.74, 6) is 1.57. The minimum atomic E-state index is -0.214. The van der Waals surface area contributed by atoms with Crippen molar-refractivity contribution >= 4 is 11.9 Å². The van der Waals surface area contributed by atoms with E-state index in [0.717, 1.165) is 37.2 Å². The highest BCUT2D eigenvalue weighted by atomic mass is 16.5. The van der Waals surface area contributed by atoms with E-state index in [9.17, 15) is 9.59 Å². The molecule has 0 N–H and O–H groups in total. The lowest BCUT2D eigenvalue weighted by Gasteiger charge is -2.62. The van der Waals surface area contributed by atoms with E-state index in [0.29, 0.717) is 17.3 Å². The van der Waals surface area contributed by atoms with Gasteiger partial charge in [0.1, 0.15) is 6.10 Å². The molecule has 2 saturated carbocycles. The number of methoxy groups -OCH3 is 1. The molecule has 4 heteroatoms. The maximum Gasteiger partial charge on any atom is 0.333 e. The molecule has 0 saturated heterocycles. The Morgan fingerprint density at radius 2 is 1.68 bits per heavy atom. The highest BCUT2D eigenvalue weighted by Crippen LogP contribution is 2.72. The van der Waals surface area contributed by atoms with Crippen LogP contribution in [0.5, 0.6) is 0 Å². The van der Waals surface area contributed by atoms with Gasteiger partial charge in [-0.2, -0.15) is 0 Å². The second-order valence-corrected chi connectivity index (χ2v) is 14.3. The lowest BCUT2D eigenvalue weighted by atomic mass is 9.43.